The summed E-state index contributed by atoms with van der Waals surface area (Å²) in [5.41, 5.74) is 4.83. The number of benzene rings is 3. The van der Waals surface area contributed by atoms with Gasteiger partial charge in [-0.1, -0.05) is 67.6 Å². The fourth-order valence-corrected chi connectivity index (χ4v) is 4.67. The van der Waals surface area contributed by atoms with Crippen molar-refractivity contribution < 1.29 is 14.3 Å². The molecule has 0 aromatic heterocycles. The van der Waals surface area contributed by atoms with Crippen molar-refractivity contribution >= 4 is 12.0 Å². The summed E-state index contributed by atoms with van der Waals surface area (Å²) in [6, 6.07) is 24.8. The molecule has 0 spiro atoms. The third-order valence-corrected chi connectivity index (χ3v) is 6.87. The number of carbonyl (C=O) groups excluding carboxylic acids is 1. The van der Waals surface area contributed by atoms with Crippen molar-refractivity contribution in [2.75, 3.05) is 33.4 Å². The lowest BCUT2D eigenvalue weighted by Gasteiger charge is -2.27. The SMILES string of the molecule is CCN(CCCCOc1ccc(C=CC(=O)N2CCc3ccccc3C2)cc1OC)Cc1ccccc1. The maximum absolute atomic E-state index is 12.8. The lowest BCUT2D eigenvalue weighted by molar-refractivity contribution is -0.126. The van der Waals surface area contributed by atoms with Crippen molar-refractivity contribution in [3.05, 3.63) is 101 Å². The van der Waals surface area contributed by atoms with Crippen LogP contribution in [0.15, 0.2) is 78.9 Å². The molecule has 0 N–H and O–H groups in total. The molecule has 4 rings (SSSR count). The van der Waals surface area contributed by atoms with Crippen LogP contribution in [0.4, 0.5) is 0 Å². The quantitative estimate of drug-likeness (QED) is 0.228. The number of carbonyl (C=O) groups is 1. The number of ether oxygens (including phenoxy) is 2. The van der Waals surface area contributed by atoms with Crippen LogP contribution in [-0.2, 0) is 24.3 Å². The molecular formula is C32H38N2O3. The molecule has 5 heteroatoms. The van der Waals surface area contributed by atoms with Crippen molar-refractivity contribution in [3.8, 4) is 11.5 Å². The smallest absolute Gasteiger partial charge is 0.246 e. The summed E-state index contributed by atoms with van der Waals surface area (Å²) in [6.07, 6.45) is 6.45. The van der Waals surface area contributed by atoms with E-state index in [1.807, 2.05) is 35.2 Å². The van der Waals surface area contributed by atoms with Gasteiger partial charge in [0.25, 0.3) is 0 Å². The molecule has 1 heterocycles. The van der Waals surface area contributed by atoms with Crippen LogP contribution in [-0.4, -0.2) is 49.1 Å². The van der Waals surface area contributed by atoms with Crippen LogP contribution in [0.2, 0.25) is 0 Å². The predicted molar refractivity (Wildman–Crippen MR) is 150 cm³/mol. The molecule has 1 amide bonds. The zero-order chi connectivity index (χ0) is 25.9. The number of unbranched alkanes of at least 4 members (excludes halogenated alkanes) is 1. The van der Waals surface area contributed by atoms with Gasteiger partial charge in [0.2, 0.25) is 5.91 Å². The summed E-state index contributed by atoms with van der Waals surface area (Å²) in [5, 5.41) is 0. The fourth-order valence-electron chi connectivity index (χ4n) is 4.67. The lowest BCUT2D eigenvalue weighted by atomic mass is 10.00. The molecule has 1 aliphatic rings. The first kappa shape index (κ1) is 26.5. The fraction of sp³-hybridized carbons (Fsp3) is 0.344. The number of fused-ring (bicyclic) bond motifs is 1. The van der Waals surface area contributed by atoms with Crippen LogP contribution in [0, 0.1) is 0 Å². The normalized spacial score (nSPS) is 13.1. The minimum atomic E-state index is 0.0298. The van der Waals surface area contributed by atoms with Crippen LogP contribution in [0.3, 0.4) is 0 Å². The monoisotopic (exact) mass is 498 g/mol. The van der Waals surface area contributed by atoms with E-state index in [9.17, 15) is 4.79 Å². The highest BCUT2D eigenvalue weighted by Gasteiger charge is 2.18. The Morgan fingerprint density at radius 3 is 2.54 bits per heavy atom. The number of nitrogens with zero attached hydrogens (tertiary/aromatic N) is 2. The summed E-state index contributed by atoms with van der Waals surface area (Å²) >= 11 is 0. The van der Waals surface area contributed by atoms with Gasteiger partial charge >= 0.3 is 0 Å². The van der Waals surface area contributed by atoms with Crippen molar-refractivity contribution in [2.45, 2.75) is 39.3 Å². The molecule has 0 atom stereocenters. The average Bonchev–Trinajstić information content (AvgIpc) is 2.95. The average molecular weight is 499 g/mol. The van der Waals surface area contributed by atoms with E-state index in [-0.39, 0.29) is 5.91 Å². The molecule has 1 aliphatic heterocycles. The highest BCUT2D eigenvalue weighted by Crippen LogP contribution is 2.29. The first-order valence-corrected chi connectivity index (χ1v) is 13.3. The zero-order valence-corrected chi connectivity index (χ0v) is 22.1. The Balaban J connectivity index is 1.23. The van der Waals surface area contributed by atoms with Gasteiger partial charge in [-0.2, -0.15) is 0 Å². The largest absolute Gasteiger partial charge is 0.493 e. The van der Waals surface area contributed by atoms with Gasteiger partial charge in [0.15, 0.2) is 11.5 Å². The maximum atomic E-state index is 12.8. The molecule has 37 heavy (non-hydrogen) atoms. The maximum Gasteiger partial charge on any atom is 0.246 e. The van der Waals surface area contributed by atoms with E-state index < -0.39 is 0 Å². The Morgan fingerprint density at radius 2 is 1.76 bits per heavy atom. The third-order valence-electron chi connectivity index (χ3n) is 6.87. The molecule has 0 saturated carbocycles. The van der Waals surface area contributed by atoms with Crippen LogP contribution >= 0.6 is 0 Å². The van der Waals surface area contributed by atoms with E-state index >= 15 is 0 Å². The standard InChI is InChI=1S/C32H38N2O3/c1-3-33(24-27-11-5-4-6-12-27)20-9-10-22-37-30-17-15-26(23-31(30)36-2)16-18-32(35)34-21-19-28-13-7-8-14-29(28)25-34/h4-8,11-18,23H,3,9-10,19-22,24-25H2,1-2H3. The summed E-state index contributed by atoms with van der Waals surface area (Å²) in [4.78, 5) is 17.1. The number of hydrogen-bond acceptors (Lipinski definition) is 4. The predicted octanol–water partition coefficient (Wildman–Crippen LogP) is 5.97. The topological polar surface area (TPSA) is 42.0 Å². The minimum Gasteiger partial charge on any atom is -0.493 e. The van der Waals surface area contributed by atoms with Crippen LogP contribution in [0.25, 0.3) is 6.08 Å². The second kappa shape index (κ2) is 13.7. The van der Waals surface area contributed by atoms with Crippen molar-refractivity contribution in [1.29, 1.82) is 0 Å². The van der Waals surface area contributed by atoms with Crippen LogP contribution in [0.5, 0.6) is 11.5 Å². The van der Waals surface area contributed by atoms with Gasteiger partial charge in [0.1, 0.15) is 0 Å². The van der Waals surface area contributed by atoms with Crippen LogP contribution in [0.1, 0.15) is 42.0 Å². The second-order valence-electron chi connectivity index (χ2n) is 9.43. The Labute approximate surface area is 221 Å². The molecule has 0 unspecified atom stereocenters. The first-order chi connectivity index (χ1) is 18.2. The minimum absolute atomic E-state index is 0.0298. The van der Waals surface area contributed by atoms with Gasteiger partial charge in [-0.3, -0.25) is 9.69 Å². The lowest BCUT2D eigenvalue weighted by Crippen LogP contribution is -2.34. The Bertz CT molecular complexity index is 1180. The van der Waals surface area contributed by atoms with E-state index in [0.717, 1.165) is 56.8 Å². The Kier molecular flexibility index (Phi) is 9.78. The second-order valence-corrected chi connectivity index (χ2v) is 9.43. The van der Waals surface area contributed by atoms with Crippen LogP contribution < -0.4 is 9.47 Å². The van der Waals surface area contributed by atoms with E-state index in [4.69, 9.17) is 9.47 Å². The number of hydrogen-bond donors (Lipinski definition) is 0. The van der Waals surface area contributed by atoms with Gasteiger partial charge in [0.05, 0.1) is 13.7 Å². The highest BCUT2D eigenvalue weighted by molar-refractivity contribution is 5.92. The number of rotatable bonds is 12. The third kappa shape index (κ3) is 7.70. The van der Waals surface area contributed by atoms with Gasteiger partial charge in [-0.05, 0) is 72.8 Å². The molecule has 0 radical (unpaired) electrons. The molecule has 5 nitrogen and oxygen atoms in total. The summed E-state index contributed by atoms with van der Waals surface area (Å²) < 4.78 is 11.6. The van der Waals surface area contributed by atoms with Crippen molar-refractivity contribution in [1.82, 2.24) is 9.80 Å². The Morgan fingerprint density at radius 1 is 0.973 bits per heavy atom. The zero-order valence-electron chi connectivity index (χ0n) is 22.1. The molecule has 3 aromatic rings. The number of amides is 1. The molecule has 0 fully saturated rings. The van der Waals surface area contributed by atoms with Gasteiger partial charge in [0, 0.05) is 25.7 Å². The van der Waals surface area contributed by atoms with E-state index in [2.05, 4.69) is 60.4 Å². The molecule has 3 aromatic carbocycles. The van der Waals surface area contributed by atoms with Gasteiger partial charge in [-0.25, -0.2) is 0 Å². The molecule has 0 saturated heterocycles. The summed E-state index contributed by atoms with van der Waals surface area (Å²) in [7, 11) is 1.65. The first-order valence-electron chi connectivity index (χ1n) is 13.3. The Hall–Kier alpha value is -3.57. The highest BCUT2D eigenvalue weighted by atomic mass is 16.5. The molecule has 194 valence electrons. The molecular weight excluding hydrogens is 460 g/mol. The van der Waals surface area contributed by atoms with Gasteiger partial charge in [-0.15, -0.1) is 0 Å². The van der Waals surface area contributed by atoms with E-state index in [0.29, 0.717) is 18.9 Å². The van der Waals surface area contributed by atoms with E-state index in [1.165, 1.54) is 16.7 Å². The van der Waals surface area contributed by atoms with Crippen molar-refractivity contribution in [3.63, 3.8) is 0 Å². The number of methoxy groups -OCH3 is 1. The van der Waals surface area contributed by atoms with E-state index in [1.54, 1.807) is 13.2 Å². The summed E-state index contributed by atoms with van der Waals surface area (Å²) in [5.74, 6) is 1.44. The van der Waals surface area contributed by atoms with Gasteiger partial charge < -0.3 is 14.4 Å². The summed E-state index contributed by atoms with van der Waals surface area (Å²) in [6.45, 7) is 7.33. The van der Waals surface area contributed by atoms with Crippen molar-refractivity contribution in [2.24, 2.45) is 0 Å². The molecule has 0 bridgehead atoms. The molecule has 0 aliphatic carbocycles.